The summed E-state index contributed by atoms with van der Waals surface area (Å²) in [5.41, 5.74) is -1.21. The van der Waals surface area contributed by atoms with Gasteiger partial charge in [0.15, 0.2) is 5.82 Å². The van der Waals surface area contributed by atoms with Crippen LogP contribution in [-0.4, -0.2) is 29.6 Å². The van der Waals surface area contributed by atoms with E-state index in [4.69, 9.17) is 5.11 Å². The summed E-state index contributed by atoms with van der Waals surface area (Å²) in [6, 6.07) is 1.64. The number of nitrogens with zero attached hydrogens (tertiary/aromatic N) is 2. The van der Waals surface area contributed by atoms with E-state index in [1.165, 1.54) is 4.90 Å². The van der Waals surface area contributed by atoms with Gasteiger partial charge in [-0.2, -0.15) is 0 Å². The number of hydrogen-bond acceptors (Lipinski definition) is 4. The van der Waals surface area contributed by atoms with Crippen LogP contribution in [0.25, 0.3) is 0 Å². The number of rotatable bonds is 5. The third-order valence-corrected chi connectivity index (χ3v) is 2.46. The van der Waals surface area contributed by atoms with Gasteiger partial charge in [0.1, 0.15) is 5.56 Å². The molecule has 0 aliphatic carbocycles. The van der Waals surface area contributed by atoms with E-state index in [9.17, 15) is 19.3 Å². The minimum absolute atomic E-state index is 0.0415. The average molecular weight is 256 g/mol. The lowest BCUT2D eigenvalue weighted by Gasteiger charge is -2.19. The first-order valence-corrected chi connectivity index (χ1v) is 5.30. The first kappa shape index (κ1) is 13.9. The van der Waals surface area contributed by atoms with Crippen LogP contribution in [0.3, 0.4) is 0 Å². The molecule has 6 nitrogen and oxygen atoms in total. The average Bonchev–Trinajstić information content (AvgIpc) is 2.28. The highest BCUT2D eigenvalue weighted by atomic mass is 19.1. The molecule has 0 unspecified atom stereocenters. The Balaban J connectivity index is 3.36. The number of nitro groups is 1. The van der Waals surface area contributed by atoms with Crippen molar-refractivity contribution in [1.82, 2.24) is 0 Å². The highest BCUT2D eigenvalue weighted by Crippen LogP contribution is 2.28. The van der Waals surface area contributed by atoms with Crippen LogP contribution in [0.5, 0.6) is 0 Å². The number of halogens is 1. The third-order valence-electron chi connectivity index (χ3n) is 2.46. The van der Waals surface area contributed by atoms with Gasteiger partial charge in [0.05, 0.1) is 16.7 Å². The molecular weight excluding hydrogens is 243 g/mol. The summed E-state index contributed by atoms with van der Waals surface area (Å²) in [4.78, 5) is 22.2. The second-order valence-corrected chi connectivity index (χ2v) is 3.80. The molecule has 18 heavy (non-hydrogen) atoms. The van der Waals surface area contributed by atoms with Crippen molar-refractivity contribution >= 4 is 17.3 Å². The Morgan fingerprint density at radius 1 is 1.56 bits per heavy atom. The molecule has 0 atom stereocenters. The fourth-order valence-corrected chi connectivity index (χ4v) is 1.62. The van der Waals surface area contributed by atoms with Gasteiger partial charge < -0.3 is 10.0 Å². The number of carbonyl (C=O) groups is 1. The Hall–Kier alpha value is -2.18. The van der Waals surface area contributed by atoms with E-state index in [0.717, 1.165) is 12.5 Å². The summed E-state index contributed by atoms with van der Waals surface area (Å²) >= 11 is 0. The standard InChI is InChI=1S/C11H13FN2O4/c1-3-4-13(2)10-5-7(11(15)16)9(14(17)18)6-8(10)12/h5-6H,3-4H2,1-2H3,(H,15,16). The molecule has 0 spiro atoms. The zero-order chi connectivity index (χ0) is 13.9. The molecule has 98 valence electrons. The van der Waals surface area contributed by atoms with Gasteiger partial charge in [0.2, 0.25) is 0 Å². The van der Waals surface area contributed by atoms with Crippen molar-refractivity contribution in [3.63, 3.8) is 0 Å². The van der Waals surface area contributed by atoms with E-state index in [0.29, 0.717) is 12.6 Å². The van der Waals surface area contributed by atoms with E-state index >= 15 is 0 Å². The van der Waals surface area contributed by atoms with Gasteiger partial charge in [-0.25, -0.2) is 9.18 Å². The van der Waals surface area contributed by atoms with Crippen molar-refractivity contribution in [3.8, 4) is 0 Å². The Bertz CT molecular complexity index is 490. The number of aromatic carboxylic acids is 1. The predicted molar refractivity (Wildman–Crippen MR) is 63.6 cm³/mol. The summed E-state index contributed by atoms with van der Waals surface area (Å²) in [6.07, 6.45) is 0.745. The van der Waals surface area contributed by atoms with Crippen molar-refractivity contribution in [3.05, 3.63) is 33.6 Å². The van der Waals surface area contributed by atoms with E-state index < -0.39 is 28.0 Å². The van der Waals surface area contributed by atoms with Crippen LogP contribution >= 0.6 is 0 Å². The van der Waals surface area contributed by atoms with Crippen LogP contribution in [0.1, 0.15) is 23.7 Å². The van der Waals surface area contributed by atoms with Crippen LogP contribution in [0.2, 0.25) is 0 Å². The van der Waals surface area contributed by atoms with Gasteiger partial charge in [-0.15, -0.1) is 0 Å². The predicted octanol–water partition coefficient (Wildman–Crippen LogP) is 2.28. The monoisotopic (exact) mass is 256 g/mol. The molecule has 0 heterocycles. The van der Waals surface area contributed by atoms with Gasteiger partial charge in [-0.3, -0.25) is 10.1 Å². The Kier molecular flexibility index (Phi) is 4.19. The Labute approximate surface area is 103 Å². The first-order valence-electron chi connectivity index (χ1n) is 5.30. The molecule has 1 rings (SSSR count). The summed E-state index contributed by atoms with van der Waals surface area (Å²) < 4.78 is 13.7. The highest BCUT2D eigenvalue weighted by molar-refractivity contribution is 5.93. The topological polar surface area (TPSA) is 83.7 Å². The second-order valence-electron chi connectivity index (χ2n) is 3.80. The van der Waals surface area contributed by atoms with E-state index in [-0.39, 0.29) is 5.69 Å². The highest BCUT2D eigenvalue weighted by Gasteiger charge is 2.24. The maximum absolute atomic E-state index is 13.7. The minimum Gasteiger partial charge on any atom is -0.477 e. The molecule has 0 amide bonds. The molecule has 0 bridgehead atoms. The molecule has 0 radical (unpaired) electrons. The van der Waals surface area contributed by atoms with E-state index in [1.54, 1.807) is 7.05 Å². The molecule has 0 saturated heterocycles. The molecule has 0 aliphatic heterocycles. The van der Waals surface area contributed by atoms with Gasteiger partial charge in [-0.1, -0.05) is 6.92 Å². The molecule has 1 N–H and O–H groups in total. The fourth-order valence-electron chi connectivity index (χ4n) is 1.62. The van der Waals surface area contributed by atoms with Crippen molar-refractivity contribution in [2.45, 2.75) is 13.3 Å². The van der Waals surface area contributed by atoms with Crippen LogP contribution in [0.15, 0.2) is 12.1 Å². The Morgan fingerprint density at radius 2 is 2.17 bits per heavy atom. The largest absolute Gasteiger partial charge is 0.477 e. The van der Waals surface area contributed by atoms with Crippen molar-refractivity contribution in [2.24, 2.45) is 0 Å². The van der Waals surface area contributed by atoms with Crippen LogP contribution in [-0.2, 0) is 0 Å². The van der Waals surface area contributed by atoms with Gasteiger partial charge in [0.25, 0.3) is 5.69 Å². The number of hydrogen-bond donors (Lipinski definition) is 1. The fraction of sp³-hybridized carbons (Fsp3) is 0.364. The molecule has 0 aliphatic rings. The molecule has 1 aromatic carbocycles. The van der Waals surface area contributed by atoms with Crippen molar-refractivity contribution in [1.29, 1.82) is 0 Å². The van der Waals surface area contributed by atoms with E-state index in [2.05, 4.69) is 0 Å². The Morgan fingerprint density at radius 3 is 2.61 bits per heavy atom. The summed E-state index contributed by atoms with van der Waals surface area (Å²) in [5, 5.41) is 19.5. The molecule has 0 aromatic heterocycles. The summed E-state index contributed by atoms with van der Waals surface area (Å²) in [5.74, 6) is -2.25. The van der Waals surface area contributed by atoms with E-state index in [1.807, 2.05) is 6.92 Å². The quantitative estimate of drug-likeness (QED) is 0.645. The van der Waals surface area contributed by atoms with Gasteiger partial charge in [-0.05, 0) is 12.5 Å². The van der Waals surface area contributed by atoms with Crippen LogP contribution in [0, 0.1) is 15.9 Å². The summed E-state index contributed by atoms with van der Waals surface area (Å²) in [7, 11) is 1.60. The molecule has 0 saturated carbocycles. The van der Waals surface area contributed by atoms with Crippen LogP contribution < -0.4 is 4.90 Å². The second kappa shape index (κ2) is 5.44. The zero-order valence-corrected chi connectivity index (χ0v) is 10.0. The van der Waals surface area contributed by atoms with Crippen molar-refractivity contribution < 1.29 is 19.2 Å². The van der Waals surface area contributed by atoms with Gasteiger partial charge >= 0.3 is 5.97 Å². The third kappa shape index (κ3) is 2.73. The molecular formula is C11H13FN2O4. The maximum atomic E-state index is 13.7. The minimum atomic E-state index is -1.45. The van der Waals surface area contributed by atoms with Crippen molar-refractivity contribution in [2.75, 3.05) is 18.5 Å². The first-order chi connectivity index (χ1) is 8.38. The lowest BCUT2D eigenvalue weighted by molar-refractivity contribution is -0.385. The van der Waals surface area contributed by atoms with Crippen LogP contribution in [0.4, 0.5) is 15.8 Å². The number of carboxylic acids is 1. The number of benzene rings is 1. The number of anilines is 1. The lowest BCUT2D eigenvalue weighted by atomic mass is 10.1. The molecule has 0 fully saturated rings. The number of carboxylic acid groups (broad SMARTS) is 1. The zero-order valence-electron chi connectivity index (χ0n) is 10.0. The normalized spacial score (nSPS) is 10.2. The SMILES string of the molecule is CCCN(C)c1cc(C(=O)O)c([N+](=O)[O-])cc1F. The van der Waals surface area contributed by atoms with Gasteiger partial charge in [0, 0.05) is 13.6 Å². The molecule has 7 heteroatoms. The lowest BCUT2D eigenvalue weighted by Crippen LogP contribution is -2.20. The smallest absolute Gasteiger partial charge is 0.342 e. The number of nitro benzene ring substituents is 1. The summed E-state index contributed by atoms with van der Waals surface area (Å²) in [6.45, 7) is 2.41. The maximum Gasteiger partial charge on any atom is 0.342 e. The molecule has 1 aromatic rings.